The number of aromatic amines is 1. The average Bonchev–Trinajstić information content (AvgIpc) is 3.37. The molecule has 1 saturated heterocycles. The second-order valence-corrected chi connectivity index (χ2v) is 8.62. The molecule has 3 aromatic rings. The summed E-state index contributed by atoms with van der Waals surface area (Å²) in [5, 5.41) is 18.1. The highest BCUT2D eigenvalue weighted by molar-refractivity contribution is 5.88. The molecule has 1 aliphatic heterocycles. The van der Waals surface area contributed by atoms with Crippen molar-refractivity contribution in [2.24, 2.45) is 5.92 Å². The minimum Gasteiger partial charge on any atom is -0.384 e. The first-order valence-electron chi connectivity index (χ1n) is 11.3. The Balaban J connectivity index is 1.24. The predicted octanol–water partition coefficient (Wildman–Crippen LogP) is 4.67. The third-order valence-corrected chi connectivity index (χ3v) is 6.34. The van der Waals surface area contributed by atoms with E-state index in [1.807, 2.05) is 23.2 Å². The molecule has 1 aliphatic rings. The fourth-order valence-electron chi connectivity index (χ4n) is 4.24. The van der Waals surface area contributed by atoms with Gasteiger partial charge in [0.25, 0.3) is 0 Å². The number of likely N-dealkylation sites (tertiary alicyclic amines) is 1. The molecule has 0 aliphatic carbocycles. The lowest BCUT2D eigenvalue weighted by molar-refractivity contribution is -0.132. The number of piperidine rings is 1. The normalized spacial score (nSPS) is 14.3. The van der Waals surface area contributed by atoms with Crippen molar-refractivity contribution in [1.29, 1.82) is 5.41 Å². The Hall–Kier alpha value is -3.41. The van der Waals surface area contributed by atoms with E-state index in [-0.39, 0.29) is 5.91 Å². The Bertz CT molecular complexity index is 1030. The average molecular weight is 430 g/mol. The van der Waals surface area contributed by atoms with Gasteiger partial charge >= 0.3 is 0 Å². The molecule has 4 rings (SSSR count). The van der Waals surface area contributed by atoms with E-state index in [1.165, 1.54) is 17.3 Å². The molecular weight excluding hydrogens is 398 g/mol. The standard InChI is InChI=1S/C26H31N5O/c1-19-2-4-20(5-3-19)6-9-26(32)31-12-10-21(11-13-31)16-28-25-8-7-22(14-23(25)15-27)24-17-29-30-18-24/h2-5,7-8,14-15,17-18,21,27-28H,6,9-13,16H2,1H3,(H,29,30). The van der Waals surface area contributed by atoms with Crippen LogP contribution >= 0.6 is 0 Å². The van der Waals surface area contributed by atoms with Crippen molar-refractivity contribution >= 4 is 17.8 Å². The van der Waals surface area contributed by atoms with Crippen LogP contribution in [-0.4, -0.2) is 46.9 Å². The molecule has 1 fully saturated rings. The van der Waals surface area contributed by atoms with Crippen molar-refractivity contribution in [2.75, 3.05) is 25.0 Å². The molecule has 0 unspecified atom stereocenters. The molecule has 6 nitrogen and oxygen atoms in total. The van der Waals surface area contributed by atoms with Crippen molar-refractivity contribution in [2.45, 2.75) is 32.6 Å². The number of anilines is 1. The first-order valence-corrected chi connectivity index (χ1v) is 11.3. The molecule has 0 atom stereocenters. The van der Waals surface area contributed by atoms with Crippen LogP contribution in [0.1, 0.15) is 36.0 Å². The highest BCUT2D eigenvalue weighted by atomic mass is 16.2. The van der Waals surface area contributed by atoms with Gasteiger partial charge in [-0.25, -0.2) is 0 Å². The summed E-state index contributed by atoms with van der Waals surface area (Å²) in [5.74, 6) is 0.793. The van der Waals surface area contributed by atoms with Gasteiger partial charge in [0.1, 0.15) is 0 Å². The lowest BCUT2D eigenvalue weighted by Crippen LogP contribution is -2.40. The van der Waals surface area contributed by atoms with Crippen molar-refractivity contribution in [3.05, 3.63) is 71.5 Å². The molecule has 0 spiro atoms. The van der Waals surface area contributed by atoms with E-state index in [0.29, 0.717) is 12.3 Å². The Morgan fingerprint density at radius 2 is 1.97 bits per heavy atom. The summed E-state index contributed by atoms with van der Waals surface area (Å²) >= 11 is 0. The van der Waals surface area contributed by atoms with E-state index in [0.717, 1.165) is 61.3 Å². The number of aryl methyl sites for hydroxylation is 2. The zero-order chi connectivity index (χ0) is 22.3. The Morgan fingerprint density at radius 3 is 2.66 bits per heavy atom. The maximum absolute atomic E-state index is 12.6. The summed E-state index contributed by atoms with van der Waals surface area (Å²) < 4.78 is 0. The second kappa shape index (κ2) is 10.3. The van der Waals surface area contributed by atoms with Crippen molar-refractivity contribution in [3.63, 3.8) is 0 Å². The molecular formula is C26H31N5O. The van der Waals surface area contributed by atoms with Crippen LogP contribution in [0.4, 0.5) is 5.69 Å². The van der Waals surface area contributed by atoms with Crippen molar-refractivity contribution in [1.82, 2.24) is 15.1 Å². The predicted molar refractivity (Wildman–Crippen MR) is 129 cm³/mol. The monoisotopic (exact) mass is 429 g/mol. The van der Waals surface area contributed by atoms with Gasteiger partial charge in [-0.05, 0) is 55.4 Å². The third-order valence-electron chi connectivity index (χ3n) is 6.34. The van der Waals surface area contributed by atoms with Gasteiger partial charge in [0.05, 0.1) is 6.20 Å². The molecule has 1 aromatic heterocycles. The van der Waals surface area contributed by atoms with Gasteiger partial charge < -0.3 is 15.6 Å². The van der Waals surface area contributed by atoms with Gasteiger partial charge in [-0.1, -0.05) is 35.9 Å². The quantitative estimate of drug-likeness (QED) is 0.455. The first kappa shape index (κ1) is 21.8. The Morgan fingerprint density at radius 1 is 1.19 bits per heavy atom. The topological polar surface area (TPSA) is 84.9 Å². The van der Waals surface area contributed by atoms with Crippen LogP contribution in [0.25, 0.3) is 11.1 Å². The molecule has 0 radical (unpaired) electrons. The minimum atomic E-state index is 0.262. The SMILES string of the molecule is Cc1ccc(CCC(=O)N2CCC(CNc3ccc(-c4cn[nH]c4)cc3C=N)CC2)cc1. The number of carbonyl (C=O) groups excluding carboxylic acids is 1. The maximum Gasteiger partial charge on any atom is 0.222 e. The number of nitrogens with one attached hydrogen (secondary N) is 3. The summed E-state index contributed by atoms with van der Waals surface area (Å²) in [5.41, 5.74) is 6.37. The van der Waals surface area contributed by atoms with Gasteiger partial charge in [0, 0.05) is 55.3 Å². The molecule has 0 bridgehead atoms. The Labute approximate surface area is 189 Å². The fraction of sp³-hybridized carbons (Fsp3) is 0.346. The van der Waals surface area contributed by atoms with Gasteiger partial charge in [-0.2, -0.15) is 5.10 Å². The van der Waals surface area contributed by atoms with Crippen LogP contribution in [0.2, 0.25) is 0 Å². The number of amides is 1. The lowest BCUT2D eigenvalue weighted by Gasteiger charge is -2.32. The lowest BCUT2D eigenvalue weighted by atomic mass is 9.96. The number of benzene rings is 2. The van der Waals surface area contributed by atoms with Crippen LogP contribution in [0.5, 0.6) is 0 Å². The van der Waals surface area contributed by atoms with Crippen LogP contribution in [-0.2, 0) is 11.2 Å². The Kier molecular flexibility index (Phi) is 7.00. The third kappa shape index (κ3) is 5.44. The van der Waals surface area contributed by atoms with Crippen molar-refractivity contribution in [3.8, 4) is 11.1 Å². The van der Waals surface area contributed by atoms with Gasteiger partial charge in [0.2, 0.25) is 5.91 Å². The first-order chi connectivity index (χ1) is 15.6. The van der Waals surface area contributed by atoms with E-state index in [1.54, 1.807) is 6.20 Å². The summed E-state index contributed by atoms with van der Waals surface area (Å²) in [4.78, 5) is 14.6. The summed E-state index contributed by atoms with van der Waals surface area (Å²) in [6.07, 6.45) is 8.44. The highest BCUT2D eigenvalue weighted by Gasteiger charge is 2.22. The smallest absolute Gasteiger partial charge is 0.222 e. The number of hydrogen-bond donors (Lipinski definition) is 3. The molecule has 3 N–H and O–H groups in total. The van der Waals surface area contributed by atoms with Crippen LogP contribution in [0.3, 0.4) is 0 Å². The van der Waals surface area contributed by atoms with E-state index >= 15 is 0 Å². The minimum absolute atomic E-state index is 0.262. The molecule has 2 aromatic carbocycles. The summed E-state index contributed by atoms with van der Waals surface area (Å²) in [6, 6.07) is 14.5. The highest BCUT2D eigenvalue weighted by Crippen LogP contribution is 2.25. The van der Waals surface area contributed by atoms with Crippen LogP contribution < -0.4 is 5.32 Å². The number of rotatable bonds is 8. The molecule has 32 heavy (non-hydrogen) atoms. The molecule has 2 heterocycles. The van der Waals surface area contributed by atoms with E-state index in [9.17, 15) is 4.79 Å². The van der Waals surface area contributed by atoms with Crippen LogP contribution in [0, 0.1) is 18.3 Å². The molecule has 166 valence electrons. The molecule has 6 heteroatoms. The van der Waals surface area contributed by atoms with Crippen molar-refractivity contribution < 1.29 is 4.79 Å². The van der Waals surface area contributed by atoms with Gasteiger partial charge in [0.15, 0.2) is 0 Å². The van der Waals surface area contributed by atoms with Gasteiger partial charge in [-0.15, -0.1) is 0 Å². The number of hydrogen-bond acceptors (Lipinski definition) is 4. The zero-order valence-electron chi connectivity index (χ0n) is 18.6. The van der Waals surface area contributed by atoms with E-state index in [4.69, 9.17) is 5.41 Å². The maximum atomic E-state index is 12.6. The summed E-state index contributed by atoms with van der Waals surface area (Å²) in [6.45, 7) is 4.60. The van der Waals surface area contributed by atoms with E-state index in [2.05, 4.69) is 52.8 Å². The largest absolute Gasteiger partial charge is 0.384 e. The number of nitrogens with zero attached hydrogens (tertiary/aromatic N) is 2. The van der Waals surface area contributed by atoms with E-state index < -0.39 is 0 Å². The second-order valence-electron chi connectivity index (χ2n) is 8.62. The fourth-order valence-corrected chi connectivity index (χ4v) is 4.24. The zero-order valence-corrected chi connectivity index (χ0v) is 18.6. The molecule has 1 amide bonds. The molecule has 0 saturated carbocycles. The van der Waals surface area contributed by atoms with Gasteiger partial charge in [-0.3, -0.25) is 9.89 Å². The summed E-state index contributed by atoms with van der Waals surface area (Å²) in [7, 11) is 0. The number of H-pyrrole nitrogens is 1. The van der Waals surface area contributed by atoms with Crippen LogP contribution in [0.15, 0.2) is 54.9 Å². The number of carbonyl (C=O) groups is 1. The number of aromatic nitrogens is 2.